The van der Waals surface area contributed by atoms with Crippen LogP contribution in [0.4, 0.5) is 0 Å². The number of fused-ring (bicyclic) bond motifs is 2. The van der Waals surface area contributed by atoms with Crippen LogP contribution in [-0.2, 0) is 11.3 Å². The largest absolute Gasteiger partial charge is 0.356 e. The zero-order valence-electron chi connectivity index (χ0n) is 13.9. The number of hydrazine groups is 1. The number of rotatable bonds is 5. The van der Waals surface area contributed by atoms with Crippen LogP contribution in [-0.4, -0.2) is 34.6 Å². The van der Waals surface area contributed by atoms with Crippen LogP contribution in [0.5, 0.6) is 0 Å². The molecule has 1 saturated heterocycles. The molecule has 2 aliphatic rings. The van der Waals surface area contributed by atoms with Crippen molar-refractivity contribution >= 4 is 16.9 Å². The van der Waals surface area contributed by atoms with E-state index in [4.69, 9.17) is 0 Å². The maximum atomic E-state index is 12.5. The molecule has 1 aromatic heterocycles. The third kappa shape index (κ3) is 3.03. The number of imidazole rings is 1. The summed E-state index contributed by atoms with van der Waals surface area (Å²) in [6.07, 6.45) is 6.17. The fourth-order valence-corrected chi connectivity index (χ4v) is 4.12. The van der Waals surface area contributed by atoms with Gasteiger partial charge in [-0.1, -0.05) is 18.6 Å². The third-order valence-electron chi connectivity index (χ3n) is 5.40. The standard InChI is InChI=1S/C18H25N5O/c24-18(14-6-3-5-13-11-21-22-17(13)14)19-9-4-10-23-12-20-15-7-1-2-8-16(15)23/h1-2,7-8,12-14,17,21-22H,3-6,9-11H2,(H,19,24). The van der Waals surface area contributed by atoms with Crippen LogP contribution in [0.25, 0.3) is 11.0 Å². The highest BCUT2D eigenvalue weighted by Gasteiger charge is 2.39. The first kappa shape index (κ1) is 15.6. The van der Waals surface area contributed by atoms with E-state index in [1.165, 1.54) is 6.42 Å². The van der Waals surface area contributed by atoms with Gasteiger partial charge in [-0.05, 0) is 37.3 Å². The number of carbonyl (C=O) groups excluding carboxylic acids is 1. The summed E-state index contributed by atoms with van der Waals surface area (Å²) in [5, 5.41) is 3.14. The van der Waals surface area contributed by atoms with Gasteiger partial charge >= 0.3 is 0 Å². The SMILES string of the molecule is O=C(NCCCn1cnc2ccccc21)C1CCCC2CNNC21. The van der Waals surface area contributed by atoms with Gasteiger partial charge in [-0.15, -0.1) is 0 Å². The van der Waals surface area contributed by atoms with E-state index >= 15 is 0 Å². The molecule has 2 aromatic rings. The minimum Gasteiger partial charge on any atom is -0.356 e. The van der Waals surface area contributed by atoms with E-state index in [9.17, 15) is 4.79 Å². The van der Waals surface area contributed by atoms with Crippen LogP contribution in [0.1, 0.15) is 25.7 Å². The summed E-state index contributed by atoms with van der Waals surface area (Å²) in [6, 6.07) is 8.45. The molecular formula is C18H25N5O. The van der Waals surface area contributed by atoms with Crippen molar-refractivity contribution in [2.75, 3.05) is 13.1 Å². The van der Waals surface area contributed by atoms with Gasteiger partial charge in [0, 0.05) is 25.7 Å². The van der Waals surface area contributed by atoms with E-state index in [-0.39, 0.29) is 11.8 Å². The van der Waals surface area contributed by atoms with Crippen LogP contribution >= 0.6 is 0 Å². The van der Waals surface area contributed by atoms with Crippen LogP contribution in [0.15, 0.2) is 30.6 Å². The molecule has 1 amide bonds. The van der Waals surface area contributed by atoms with Crippen molar-refractivity contribution in [2.45, 2.75) is 38.3 Å². The van der Waals surface area contributed by atoms with Crippen molar-refractivity contribution in [2.24, 2.45) is 11.8 Å². The molecule has 1 saturated carbocycles. The van der Waals surface area contributed by atoms with Crippen molar-refractivity contribution in [3.05, 3.63) is 30.6 Å². The van der Waals surface area contributed by atoms with Crippen LogP contribution in [0, 0.1) is 11.8 Å². The van der Waals surface area contributed by atoms with Crippen LogP contribution in [0.2, 0.25) is 0 Å². The Morgan fingerprint density at radius 1 is 1.33 bits per heavy atom. The number of carbonyl (C=O) groups is 1. The first-order chi connectivity index (χ1) is 11.8. The lowest BCUT2D eigenvalue weighted by Gasteiger charge is -2.31. The van der Waals surface area contributed by atoms with E-state index in [2.05, 4.69) is 31.8 Å². The molecule has 6 heteroatoms. The minimum atomic E-state index is 0.104. The summed E-state index contributed by atoms with van der Waals surface area (Å²) in [7, 11) is 0. The van der Waals surface area contributed by atoms with E-state index in [1.54, 1.807) is 0 Å². The summed E-state index contributed by atoms with van der Waals surface area (Å²) < 4.78 is 2.15. The summed E-state index contributed by atoms with van der Waals surface area (Å²) in [5.41, 5.74) is 8.69. The molecule has 0 bridgehead atoms. The number of hydrogen-bond donors (Lipinski definition) is 3. The zero-order valence-corrected chi connectivity index (χ0v) is 13.9. The lowest BCUT2D eigenvalue weighted by atomic mass is 9.77. The van der Waals surface area contributed by atoms with Crippen molar-refractivity contribution in [1.82, 2.24) is 25.7 Å². The maximum absolute atomic E-state index is 12.5. The smallest absolute Gasteiger partial charge is 0.224 e. The number of amides is 1. The van der Waals surface area contributed by atoms with Crippen LogP contribution < -0.4 is 16.2 Å². The highest BCUT2D eigenvalue weighted by molar-refractivity contribution is 5.79. The summed E-state index contributed by atoms with van der Waals surface area (Å²) in [5.74, 6) is 0.913. The molecule has 3 atom stereocenters. The lowest BCUT2D eigenvalue weighted by Crippen LogP contribution is -2.48. The van der Waals surface area contributed by atoms with E-state index in [0.29, 0.717) is 18.5 Å². The van der Waals surface area contributed by atoms with Crippen molar-refractivity contribution in [1.29, 1.82) is 0 Å². The monoisotopic (exact) mass is 327 g/mol. The fourth-order valence-electron chi connectivity index (χ4n) is 4.12. The highest BCUT2D eigenvalue weighted by Crippen LogP contribution is 2.31. The van der Waals surface area contributed by atoms with Gasteiger partial charge in [0.2, 0.25) is 5.91 Å². The number of benzene rings is 1. The lowest BCUT2D eigenvalue weighted by molar-refractivity contribution is -0.127. The summed E-state index contributed by atoms with van der Waals surface area (Å²) in [6.45, 7) is 2.58. The molecule has 1 aromatic carbocycles. The quantitative estimate of drug-likeness (QED) is 0.727. The van der Waals surface area contributed by atoms with Gasteiger partial charge in [0.15, 0.2) is 0 Å². The summed E-state index contributed by atoms with van der Waals surface area (Å²) in [4.78, 5) is 16.9. The molecule has 2 heterocycles. The maximum Gasteiger partial charge on any atom is 0.224 e. The number of aryl methyl sites for hydroxylation is 1. The Kier molecular flexibility index (Phi) is 4.49. The third-order valence-corrected chi connectivity index (χ3v) is 5.40. The Bertz CT molecular complexity index is 712. The molecule has 3 N–H and O–H groups in total. The molecule has 0 spiro atoms. The first-order valence-electron chi connectivity index (χ1n) is 8.99. The molecule has 2 fully saturated rings. The number of nitrogens with zero attached hydrogens (tertiary/aromatic N) is 2. The topological polar surface area (TPSA) is 71.0 Å². The van der Waals surface area contributed by atoms with Crippen molar-refractivity contribution in [3.63, 3.8) is 0 Å². The summed E-state index contributed by atoms with van der Waals surface area (Å²) >= 11 is 0. The molecule has 1 aliphatic heterocycles. The second-order valence-corrected chi connectivity index (χ2v) is 6.92. The number of nitrogens with one attached hydrogen (secondary N) is 3. The second kappa shape index (κ2) is 6.91. The van der Waals surface area contributed by atoms with Gasteiger partial charge in [0.25, 0.3) is 0 Å². The number of aromatic nitrogens is 2. The predicted octanol–water partition coefficient (Wildman–Crippen LogP) is 1.44. The number of para-hydroxylation sites is 2. The fraction of sp³-hybridized carbons (Fsp3) is 0.556. The Morgan fingerprint density at radius 3 is 3.21 bits per heavy atom. The van der Waals surface area contributed by atoms with E-state index < -0.39 is 0 Å². The van der Waals surface area contributed by atoms with Crippen molar-refractivity contribution in [3.8, 4) is 0 Å². The Morgan fingerprint density at radius 2 is 2.25 bits per heavy atom. The average Bonchev–Trinajstić information content (AvgIpc) is 3.25. The van der Waals surface area contributed by atoms with Gasteiger partial charge < -0.3 is 9.88 Å². The number of hydrogen-bond acceptors (Lipinski definition) is 4. The Balaban J connectivity index is 1.27. The molecule has 0 radical (unpaired) electrons. The van der Waals surface area contributed by atoms with Crippen LogP contribution in [0.3, 0.4) is 0 Å². The minimum absolute atomic E-state index is 0.104. The second-order valence-electron chi connectivity index (χ2n) is 6.92. The predicted molar refractivity (Wildman–Crippen MR) is 93.1 cm³/mol. The van der Waals surface area contributed by atoms with Gasteiger partial charge in [-0.25, -0.2) is 4.98 Å². The molecule has 1 aliphatic carbocycles. The first-order valence-corrected chi connectivity index (χ1v) is 8.99. The van der Waals surface area contributed by atoms with Gasteiger partial charge in [-0.2, -0.15) is 0 Å². The van der Waals surface area contributed by atoms with E-state index in [0.717, 1.165) is 43.4 Å². The van der Waals surface area contributed by atoms with Crippen molar-refractivity contribution < 1.29 is 4.79 Å². The molecule has 3 unspecified atom stereocenters. The van der Waals surface area contributed by atoms with Gasteiger partial charge in [-0.3, -0.25) is 15.6 Å². The average molecular weight is 327 g/mol. The normalized spacial score (nSPS) is 26.4. The zero-order chi connectivity index (χ0) is 16.4. The van der Waals surface area contributed by atoms with Gasteiger partial charge in [0.05, 0.1) is 23.3 Å². The Hall–Kier alpha value is -1.92. The molecule has 128 valence electrons. The van der Waals surface area contributed by atoms with Gasteiger partial charge in [0.1, 0.15) is 0 Å². The Labute approximate surface area is 142 Å². The molecule has 24 heavy (non-hydrogen) atoms. The molecule has 4 rings (SSSR count). The van der Waals surface area contributed by atoms with E-state index in [1.807, 2.05) is 24.5 Å². The highest BCUT2D eigenvalue weighted by atomic mass is 16.1. The molecular weight excluding hydrogens is 302 g/mol. The molecule has 6 nitrogen and oxygen atoms in total.